The molecule has 0 spiro atoms. The van der Waals surface area contributed by atoms with E-state index < -0.39 is 12.2 Å². The van der Waals surface area contributed by atoms with Crippen molar-refractivity contribution in [2.45, 2.75) is 12.2 Å². The maximum absolute atomic E-state index is 8.17. The van der Waals surface area contributed by atoms with Crippen molar-refractivity contribution in [3.8, 4) is 0 Å². The van der Waals surface area contributed by atoms with Gasteiger partial charge in [-0.3, -0.25) is 0 Å². The van der Waals surface area contributed by atoms with Crippen LogP contribution in [0, 0.1) is 0 Å². The molecular formula is C6H22O9Ti2. The van der Waals surface area contributed by atoms with E-state index in [0.717, 1.165) is 0 Å². The van der Waals surface area contributed by atoms with Crippen LogP contribution in [0.4, 0.5) is 0 Å². The summed E-state index contributed by atoms with van der Waals surface area (Å²) < 4.78 is 0. The van der Waals surface area contributed by atoms with Crippen molar-refractivity contribution in [2.75, 3.05) is 26.4 Å². The molecule has 9 nitrogen and oxygen atoms in total. The Morgan fingerprint density at radius 1 is 0.529 bits per heavy atom. The fourth-order valence-electron chi connectivity index (χ4n) is 0.115. The summed E-state index contributed by atoms with van der Waals surface area (Å²) in [4.78, 5) is 0. The third kappa shape index (κ3) is 47.1. The van der Waals surface area contributed by atoms with E-state index in [-0.39, 0.29) is 86.3 Å². The summed E-state index contributed by atoms with van der Waals surface area (Å²) >= 11 is 0. The van der Waals surface area contributed by atoms with E-state index in [9.17, 15) is 0 Å². The van der Waals surface area contributed by atoms with E-state index in [1.54, 1.807) is 0 Å². The summed E-state index contributed by atoms with van der Waals surface area (Å²) in [5, 5.41) is 48.0. The topological polar surface area (TPSA) is 216 Å². The first-order chi connectivity index (χ1) is 5.62. The van der Waals surface area contributed by atoms with Crippen LogP contribution >= 0.6 is 0 Å². The zero-order valence-corrected chi connectivity index (χ0v) is 12.3. The predicted molar refractivity (Wildman–Crippen MR) is 51.2 cm³/mol. The Kier molecular flexibility index (Phi) is 90.9. The molecule has 0 aromatic carbocycles. The van der Waals surface area contributed by atoms with Gasteiger partial charge in [-0.15, -0.1) is 0 Å². The van der Waals surface area contributed by atoms with Gasteiger partial charge in [-0.1, -0.05) is 0 Å². The first kappa shape index (κ1) is 43.0. The van der Waals surface area contributed by atoms with Gasteiger partial charge in [0.15, 0.2) is 0 Å². The fraction of sp³-hybridized carbons (Fsp3) is 1.00. The summed E-state index contributed by atoms with van der Waals surface area (Å²) in [7, 11) is 0. The second-order valence-electron chi connectivity index (χ2n) is 2.04. The molecule has 12 N–H and O–H groups in total. The number of hydrogen-bond acceptors (Lipinski definition) is 6. The quantitative estimate of drug-likeness (QED) is 0.275. The number of rotatable bonds is 4. The number of hydrogen-bond donors (Lipinski definition) is 6. The molecule has 0 heterocycles. The Hall–Kier alpha value is 1.07. The molecule has 0 amide bonds. The van der Waals surface area contributed by atoms with Gasteiger partial charge in [0.05, 0.1) is 26.4 Å². The van der Waals surface area contributed by atoms with Gasteiger partial charge >= 0.3 is 0 Å². The van der Waals surface area contributed by atoms with E-state index in [1.165, 1.54) is 0 Å². The van der Waals surface area contributed by atoms with Gasteiger partial charge in [-0.25, -0.2) is 0 Å². The summed E-state index contributed by atoms with van der Waals surface area (Å²) in [5.74, 6) is 0. The Bertz CT molecular complexity index is 71.9. The van der Waals surface area contributed by atoms with Gasteiger partial charge in [0, 0.05) is 43.4 Å². The number of aliphatic hydroxyl groups is 6. The average molecular weight is 334 g/mol. The minimum absolute atomic E-state index is 0. The Morgan fingerprint density at radius 2 is 0.647 bits per heavy atom. The van der Waals surface area contributed by atoms with E-state index in [4.69, 9.17) is 30.6 Å². The van der Waals surface area contributed by atoms with Gasteiger partial charge < -0.3 is 47.1 Å². The zero-order valence-electron chi connectivity index (χ0n) is 9.17. The van der Waals surface area contributed by atoms with E-state index >= 15 is 0 Å². The van der Waals surface area contributed by atoms with Crippen LogP contribution in [0.1, 0.15) is 0 Å². The Labute approximate surface area is 129 Å². The number of aliphatic hydroxyl groups excluding tert-OH is 6. The molecule has 0 aliphatic carbocycles. The molecule has 11 heteroatoms. The SMILES string of the molecule is O.O.O.OCC(O)CO.OCC(O)CO.[Ti].[Ti]. The van der Waals surface area contributed by atoms with E-state index in [0.29, 0.717) is 0 Å². The predicted octanol–water partition coefficient (Wildman–Crippen LogP) is -5.82. The standard InChI is InChI=1S/2C3H8O3.3H2O.2Ti/c2*4-1-3(6)2-5;;;;;/h2*3-6H,1-2H2;3*1H2;;. The second-order valence-corrected chi connectivity index (χ2v) is 2.04. The molecule has 0 atom stereocenters. The van der Waals surface area contributed by atoms with Gasteiger partial charge in [0.25, 0.3) is 0 Å². The average Bonchev–Trinajstić information content (AvgIpc) is 2.16. The smallest absolute Gasteiger partial charge is 0.100 e. The van der Waals surface area contributed by atoms with Crippen molar-refractivity contribution in [3.63, 3.8) is 0 Å². The van der Waals surface area contributed by atoms with Crippen LogP contribution in [-0.2, 0) is 43.4 Å². The van der Waals surface area contributed by atoms with Crippen LogP contribution in [-0.4, -0.2) is 85.7 Å². The summed E-state index contributed by atoms with van der Waals surface area (Å²) in [6, 6.07) is 0. The summed E-state index contributed by atoms with van der Waals surface area (Å²) in [6.07, 6.45) is -1.91. The van der Waals surface area contributed by atoms with E-state index in [2.05, 4.69) is 0 Å². The molecule has 17 heavy (non-hydrogen) atoms. The van der Waals surface area contributed by atoms with Crippen molar-refractivity contribution < 1.29 is 90.5 Å². The van der Waals surface area contributed by atoms with Crippen molar-refractivity contribution in [2.24, 2.45) is 0 Å². The van der Waals surface area contributed by atoms with Crippen LogP contribution in [0.3, 0.4) is 0 Å². The van der Waals surface area contributed by atoms with Crippen molar-refractivity contribution >= 4 is 0 Å². The molecular weight excluding hydrogens is 312 g/mol. The summed E-state index contributed by atoms with van der Waals surface area (Å²) in [5.41, 5.74) is 0. The van der Waals surface area contributed by atoms with Crippen LogP contribution < -0.4 is 0 Å². The molecule has 0 saturated carbocycles. The first-order valence-corrected chi connectivity index (χ1v) is 3.41. The third-order valence-electron chi connectivity index (χ3n) is 0.843. The second kappa shape index (κ2) is 36.0. The molecule has 0 bridgehead atoms. The maximum atomic E-state index is 8.17. The molecule has 0 saturated heterocycles. The van der Waals surface area contributed by atoms with Crippen molar-refractivity contribution in [3.05, 3.63) is 0 Å². The van der Waals surface area contributed by atoms with Gasteiger partial charge in [-0.05, 0) is 0 Å². The minimum Gasteiger partial charge on any atom is -0.412 e. The molecule has 0 aromatic rings. The van der Waals surface area contributed by atoms with Gasteiger partial charge in [0.2, 0.25) is 0 Å². The van der Waals surface area contributed by atoms with E-state index in [1.807, 2.05) is 0 Å². The Balaban J connectivity index is -0.0000000182. The molecule has 0 fully saturated rings. The van der Waals surface area contributed by atoms with Crippen LogP contribution in [0.25, 0.3) is 0 Å². The molecule has 0 rings (SSSR count). The molecule has 0 aliphatic heterocycles. The third-order valence-corrected chi connectivity index (χ3v) is 0.843. The first-order valence-electron chi connectivity index (χ1n) is 3.41. The molecule has 108 valence electrons. The monoisotopic (exact) mass is 334 g/mol. The maximum Gasteiger partial charge on any atom is 0.100 e. The van der Waals surface area contributed by atoms with Crippen LogP contribution in [0.15, 0.2) is 0 Å². The van der Waals surface area contributed by atoms with Crippen LogP contribution in [0.2, 0.25) is 0 Å². The zero-order chi connectivity index (χ0) is 9.98. The summed E-state index contributed by atoms with van der Waals surface area (Å²) in [6.45, 7) is -1.46. The Morgan fingerprint density at radius 3 is 0.647 bits per heavy atom. The van der Waals surface area contributed by atoms with Crippen LogP contribution in [0.5, 0.6) is 0 Å². The minimum atomic E-state index is -0.954. The van der Waals surface area contributed by atoms with Crippen molar-refractivity contribution in [1.82, 2.24) is 0 Å². The largest absolute Gasteiger partial charge is 0.412 e. The van der Waals surface area contributed by atoms with Gasteiger partial charge in [-0.2, -0.15) is 0 Å². The molecule has 0 radical (unpaired) electrons. The van der Waals surface area contributed by atoms with Gasteiger partial charge in [0.1, 0.15) is 12.2 Å². The molecule has 0 aliphatic rings. The molecule has 0 aromatic heterocycles. The normalized spacial score (nSPS) is 7.06. The fourth-order valence-corrected chi connectivity index (χ4v) is 0.115. The van der Waals surface area contributed by atoms with Crippen molar-refractivity contribution in [1.29, 1.82) is 0 Å². The molecule has 0 unspecified atom stereocenters.